The minimum Gasteiger partial charge on any atom is -0.345 e. The zero-order valence-electron chi connectivity index (χ0n) is 7.72. The van der Waals surface area contributed by atoms with E-state index >= 15 is 0 Å². The van der Waals surface area contributed by atoms with E-state index < -0.39 is 17.5 Å². The highest BCUT2D eigenvalue weighted by atomic mass is 35.5. The van der Waals surface area contributed by atoms with Crippen molar-refractivity contribution in [1.82, 2.24) is 0 Å². The summed E-state index contributed by atoms with van der Waals surface area (Å²) in [6.45, 7) is 1.63. The van der Waals surface area contributed by atoms with Gasteiger partial charge in [0.05, 0.1) is 11.1 Å². The minimum atomic E-state index is -0.923. The van der Waals surface area contributed by atoms with Crippen molar-refractivity contribution in [2.45, 2.75) is 18.6 Å². The number of epoxide rings is 1. The summed E-state index contributed by atoms with van der Waals surface area (Å²) in [5, 5.41) is 8.93. The highest BCUT2D eigenvalue weighted by Gasteiger charge is 2.56. The predicted octanol–water partition coefficient (Wildman–Crippen LogP) is 3.27. The zero-order valence-corrected chi connectivity index (χ0v) is 9.23. The van der Waals surface area contributed by atoms with E-state index in [1.165, 1.54) is 12.1 Å². The molecule has 5 heteroatoms. The van der Waals surface area contributed by atoms with Gasteiger partial charge in [0.1, 0.15) is 11.4 Å². The molecule has 0 amide bonds. The Morgan fingerprint density at radius 1 is 1.53 bits per heavy atom. The van der Waals surface area contributed by atoms with Gasteiger partial charge in [-0.1, -0.05) is 23.2 Å². The number of hydrogen-bond acceptors (Lipinski definition) is 2. The molecule has 2 atom stereocenters. The molecular formula is C10H6Cl2FNO. The lowest BCUT2D eigenvalue weighted by Gasteiger charge is -2.08. The molecule has 78 valence electrons. The van der Waals surface area contributed by atoms with E-state index in [9.17, 15) is 4.39 Å². The first-order valence-electron chi connectivity index (χ1n) is 4.21. The van der Waals surface area contributed by atoms with Crippen LogP contribution in [0.5, 0.6) is 0 Å². The Morgan fingerprint density at radius 3 is 2.73 bits per heavy atom. The standard InChI is InChI=1S/C10H6Cl2FNO/c1-10(8(4-14)15-10)6-2-5(11)3-7(12)9(6)13/h2-3,8H,1H3. The van der Waals surface area contributed by atoms with Crippen molar-refractivity contribution in [3.8, 4) is 6.07 Å². The number of halogens is 3. The van der Waals surface area contributed by atoms with Crippen LogP contribution in [0.25, 0.3) is 0 Å². The molecule has 1 aromatic rings. The summed E-state index contributed by atoms with van der Waals surface area (Å²) in [6.07, 6.45) is -0.637. The van der Waals surface area contributed by atoms with E-state index in [0.29, 0.717) is 5.02 Å². The summed E-state index contributed by atoms with van der Waals surface area (Å²) in [7, 11) is 0. The first-order chi connectivity index (χ1) is 6.99. The predicted molar refractivity (Wildman–Crippen MR) is 54.3 cm³/mol. The summed E-state index contributed by atoms with van der Waals surface area (Å²) in [6, 6.07) is 4.66. The zero-order chi connectivity index (χ0) is 11.2. The molecule has 15 heavy (non-hydrogen) atoms. The van der Waals surface area contributed by atoms with Crippen molar-refractivity contribution in [3.63, 3.8) is 0 Å². The number of rotatable bonds is 1. The molecule has 0 spiro atoms. The van der Waals surface area contributed by atoms with E-state index in [0.717, 1.165) is 0 Å². The van der Waals surface area contributed by atoms with Crippen LogP contribution in [0.1, 0.15) is 12.5 Å². The normalized spacial score (nSPS) is 28.6. The van der Waals surface area contributed by atoms with Gasteiger partial charge < -0.3 is 4.74 Å². The van der Waals surface area contributed by atoms with Crippen LogP contribution in [0.2, 0.25) is 10.0 Å². The molecule has 1 heterocycles. The molecule has 1 saturated heterocycles. The third-order valence-corrected chi connectivity index (χ3v) is 2.94. The second-order valence-electron chi connectivity index (χ2n) is 3.48. The molecule has 1 aromatic carbocycles. The fourth-order valence-corrected chi connectivity index (χ4v) is 1.98. The molecule has 2 nitrogen and oxygen atoms in total. The average Bonchev–Trinajstić information content (AvgIpc) is 2.84. The third kappa shape index (κ3) is 1.59. The minimum absolute atomic E-state index is 0.0640. The molecule has 0 N–H and O–H groups in total. The SMILES string of the molecule is CC1(c2cc(Cl)cc(Cl)c2F)OC1C#N. The van der Waals surface area contributed by atoms with Gasteiger partial charge in [-0.05, 0) is 19.1 Å². The summed E-state index contributed by atoms with van der Waals surface area (Å²) in [5.74, 6) is -0.582. The van der Waals surface area contributed by atoms with Crippen molar-refractivity contribution in [3.05, 3.63) is 33.6 Å². The summed E-state index contributed by atoms with van der Waals surface area (Å²) in [4.78, 5) is 0. The number of benzene rings is 1. The van der Waals surface area contributed by atoms with Gasteiger partial charge in [-0.2, -0.15) is 5.26 Å². The summed E-state index contributed by atoms with van der Waals surface area (Å²) < 4.78 is 18.8. The molecule has 2 unspecified atom stereocenters. The van der Waals surface area contributed by atoms with Crippen LogP contribution in [0.4, 0.5) is 4.39 Å². The Labute approximate surface area is 96.2 Å². The quantitative estimate of drug-likeness (QED) is 0.563. The van der Waals surface area contributed by atoms with Crippen LogP contribution < -0.4 is 0 Å². The maximum Gasteiger partial charge on any atom is 0.178 e. The van der Waals surface area contributed by atoms with Gasteiger partial charge in [0.15, 0.2) is 6.10 Å². The molecule has 0 aromatic heterocycles. The lowest BCUT2D eigenvalue weighted by atomic mass is 9.97. The largest absolute Gasteiger partial charge is 0.345 e. The van der Waals surface area contributed by atoms with Gasteiger partial charge in [0.25, 0.3) is 0 Å². The molecule has 0 aliphatic carbocycles. The van der Waals surface area contributed by atoms with E-state index in [4.69, 9.17) is 33.2 Å². The monoisotopic (exact) mass is 245 g/mol. The number of ether oxygens (including phenoxy) is 1. The van der Waals surface area contributed by atoms with E-state index in [2.05, 4.69) is 0 Å². The van der Waals surface area contributed by atoms with Crippen LogP contribution in [-0.4, -0.2) is 6.10 Å². The second kappa shape index (κ2) is 3.34. The molecule has 2 rings (SSSR count). The lowest BCUT2D eigenvalue weighted by Crippen LogP contribution is -2.09. The van der Waals surface area contributed by atoms with Crippen molar-refractivity contribution in [2.75, 3.05) is 0 Å². The first kappa shape index (κ1) is 10.7. The van der Waals surface area contributed by atoms with Crippen molar-refractivity contribution in [1.29, 1.82) is 5.26 Å². The van der Waals surface area contributed by atoms with Gasteiger partial charge >= 0.3 is 0 Å². The van der Waals surface area contributed by atoms with Crippen molar-refractivity contribution in [2.24, 2.45) is 0 Å². The molecule has 1 aliphatic heterocycles. The lowest BCUT2D eigenvalue weighted by molar-refractivity contribution is 0.315. The number of nitrogens with zero attached hydrogens (tertiary/aromatic N) is 1. The maximum atomic E-state index is 13.6. The molecule has 1 fully saturated rings. The van der Waals surface area contributed by atoms with Crippen LogP contribution in [0, 0.1) is 17.1 Å². The highest BCUT2D eigenvalue weighted by molar-refractivity contribution is 6.34. The van der Waals surface area contributed by atoms with Crippen molar-refractivity contribution < 1.29 is 9.13 Å². The van der Waals surface area contributed by atoms with E-state index in [-0.39, 0.29) is 10.6 Å². The van der Waals surface area contributed by atoms with Gasteiger partial charge in [-0.15, -0.1) is 0 Å². The highest BCUT2D eigenvalue weighted by Crippen LogP contribution is 2.48. The smallest absolute Gasteiger partial charge is 0.178 e. The fraction of sp³-hybridized carbons (Fsp3) is 0.300. The van der Waals surface area contributed by atoms with Crippen LogP contribution >= 0.6 is 23.2 Å². The van der Waals surface area contributed by atoms with Crippen LogP contribution in [-0.2, 0) is 10.3 Å². The van der Waals surface area contributed by atoms with Crippen LogP contribution in [0.15, 0.2) is 12.1 Å². The van der Waals surface area contributed by atoms with Gasteiger partial charge in [0.2, 0.25) is 0 Å². The molecule has 0 saturated carbocycles. The fourth-order valence-electron chi connectivity index (χ4n) is 1.48. The Balaban J connectivity index is 2.51. The molecular weight excluding hydrogens is 240 g/mol. The molecule has 1 aliphatic rings. The number of hydrogen-bond donors (Lipinski definition) is 0. The Morgan fingerprint density at radius 2 is 2.20 bits per heavy atom. The Bertz CT molecular complexity index is 471. The van der Waals surface area contributed by atoms with Crippen LogP contribution in [0.3, 0.4) is 0 Å². The average molecular weight is 246 g/mol. The summed E-state index contributed by atoms with van der Waals surface area (Å²) >= 11 is 11.4. The Hall–Kier alpha value is -0.820. The van der Waals surface area contributed by atoms with E-state index in [1.54, 1.807) is 6.92 Å². The maximum absolute atomic E-state index is 13.6. The van der Waals surface area contributed by atoms with E-state index in [1.807, 2.05) is 6.07 Å². The molecule has 0 radical (unpaired) electrons. The van der Waals surface area contributed by atoms with Gasteiger partial charge in [-0.3, -0.25) is 0 Å². The second-order valence-corrected chi connectivity index (χ2v) is 4.33. The Kier molecular flexibility index (Phi) is 2.38. The topological polar surface area (TPSA) is 36.3 Å². The van der Waals surface area contributed by atoms with Gasteiger partial charge in [0, 0.05) is 10.6 Å². The van der Waals surface area contributed by atoms with Crippen molar-refractivity contribution >= 4 is 23.2 Å². The first-order valence-corrected chi connectivity index (χ1v) is 4.97. The molecule has 0 bridgehead atoms. The third-order valence-electron chi connectivity index (χ3n) is 2.45. The van der Waals surface area contributed by atoms with Gasteiger partial charge in [-0.25, -0.2) is 4.39 Å². The summed E-state index contributed by atoms with van der Waals surface area (Å²) in [5.41, 5.74) is -0.695. The number of nitriles is 1.